The second-order valence-electron chi connectivity index (χ2n) is 6.70. The highest BCUT2D eigenvalue weighted by atomic mass is 32.2. The fourth-order valence-corrected chi connectivity index (χ4v) is 3.97. The Kier molecular flexibility index (Phi) is 6.49. The highest BCUT2D eigenvalue weighted by Gasteiger charge is 2.29. The van der Waals surface area contributed by atoms with Gasteiger partial charge in [-0.3, -0.25) is 4.79 Å². The van der Waals surface area contributed by atoms with Gasteiger partial charge in [0.2, 0.25) is 0 Å². The molecular weight excluding hydrogens is 419 g/mol. The van der Waals surface area contributed by atoms with Crippen LogP contribution in [0.15, 0.2) is 40.3 Å². The van der Waals surface area contributed by atoms with Crippen LogP contribution in [0, 0.1) is 13.8 Å². The zero-order chi connectivity index (χ0) is 21.9. The zero-order valence-corrected chi connectivity index (χ0v) is 17.4. The number of aromatic nitrogens is 4. The predicted molar refractivity (Wildman–Crippen MR) is 104 cm³/mol. The highest BCUT2D eigenvalue weighted by molar-refractivity contribution is 7.98. The number of carbonyl (C=O) groups excluding carboxylic acids is 1. The van der Waals surface area contributed by atoms with Crippen LogP contribution in [0.3, 0.4) is 0 Å². The summed E-state index contributed by atoms with van der Waals surface area (Å²) in [6, 6.07) is 3.29. The van der Waals surface area contributed by atoms with Gasteiger partial charge in [-0.15, -0.1) is 11.8 Å². The first-order valence-corrected chi connectivity index (χ1v) is 9.96. The fraction of sp³-hybridized carbons (Fsp3) is 0.368. The number of thioether (sulfide) groups is 1. The van der Waals surface area contributed by atoms with Gasteiger partial charge in [-0.2, -0.15) is 13.2 Å². The van der Waals surface area contributed by atoms with Crippen molar-refractivity contribution in [1.29, 1.82) is 0 Å². The summed E-state index contributed by atoms with van der Waals surface area (Å²) in [5.74, 6) is 1.03. The van der Waals surface area contributed by atoms with E-state index >= 15 is 0 Å². The van der Waals surface area contributed by atoms with Crippen LogP contribution in [0.4, 0.5) is 13.2 Å². The van der Waals surface area contributed by atoms with E-state index in [9.17, 15) is 18.0 Å². The molecular formula is C19H20F3N5O2S. The van der Waals surface area contributed by atoms with E-state index in [1.54, 1.807) is 18.3 Å². The lowest BCUT2D eigenvalue weighted by Gasteiger charge is -2.19. The molecule has 11 heteroatoms. The number of carbonyl (C=O) groups is 1. The lowest BCUT2D eigenvalue weighted by Crippen LogP contribution is -2.29. The van der Waals surface area contributed by atoms with Crippen molar-refractivity contribution in [1.82, 2.24) is 24.6 Å². The van der Waals surface area contributed by atoms with Gasteiger partial charge in [-0.1, -0.05) is 5.16 Å². The minimum absolute atomic E-state index is 0.0647. The first kappa shape index (κ1) is 21.9. The molecule has 0 aliphatic heterocycles. The zero-order valence-electron chi connectivity index (χ0n) is 16.6. The Labute approximate surface area is 175 Å². The molecule has 160 valence electrons. The molecule has 3 aromatic rings. The summed E-state index contributed by atoms with van der Waals surface area (Å²) < 4.78 is 44.3. The molecule has 3 aromatic heterocycles. The Morgan fingerprint density at radius 2 is 2.03 bits per heavy atom. The van der Waals surface area contributed by atoms with Crippen molar-refractivity contribution in [3.63, 3.8) is 0 Å². The number of hydrogen-bond acceptors (Lipinski definition) is 6. The average molecular weight is 439 g/mol. The molecule has 0 saturated heterocycles. The van der Waals surface area contributed by atoms with E-state index in [2.05, 4.69) is 15.1 Å². The molecule has 0 N–H and O–H groups in total. The van der Waals surface area contributed by atoms with Crippen molar-refractivity contribution < 1.29 is 22.5 Å². The molecule has 0 saturated carbocycles. The Hall–Kier alpha value is -2.82. The molecule has 0 aliphatic carbocycles. The summed E-state index contributed by atoms with van der Waals surface area (Å²) in [5.41, 5.74) is 2.08. The van der Waals surface area contributed by atoms with Crippen LogP contribution in [0.2, 0.25) is 0 Å². The average Bonchev–Trinajstić information content (AvgIpc) is 3.24. The summed E-state index contributed by atoms with van der Waals surface area (Å²) in [7, 11) is 1.52. The van der Waals surface area contributed by atoms with Gasteiger partial charge in [0.1, 0.15) is 23.2 Å². The maximum atomic E-state index is 13.0. The quantitative estimate of drug-likeness (QED) is 0.518. The Balaban J connectivity index is 1.73. The molecule has 30 heavy (non-hydrogen) atoms. The second kappa shape index (κ2) is 8.90. The largest absolute Gasteiger partial charge is 0.406 e. The first-order chi connectivity index (χ1) is 14.2. The third kappa shape index (κ3) is 5.21. The minimum atomic E-state index is -4.37. The van der Waals surface area contributed by atoms with Crippen LogP contribution in [0.1, 0.15) is 33.2 Å². The third-order valence-electron chi connectivity index (χ3n) is 4.41. The van der Waals surface area contributed by atoms with Gasteiger partial charge in [0.05, 0.1) is 17.8 Å². The third-order valence-corrected chi connectivity index (χ3v) is 5.44. The number of alkyl halides is 3. The van der Waals surface area contributed by atoms with Crippen molar-refractivity contribution in [2.24, 2.45) is 0 Å². The monoisotopic (exact) mass is 439 g/mol. The van der Waals surface area contributed by atoms with E-state index in [4.69, 9.17) is 4.52 Å². The van der Waals surface area contributed by atoms with Gasteiger partial charge < -0.3 is 14.0 Å². The molecule has 3 heterocycles. The van der Waals surface area contributed by atoms with Gasteiger partial charge in [-0.05, 0) is 26.0 Å². The predicted octanol–water partition coefficient (Wildman–Crippen LogP) is 4.01. The topological polar surface area (TPSA) is 77.1 Å². The van der Waals surface area contributed by atoms with Crippen LogP contribution in [-0.4, -0.2) is 43.7 Å². The van der Waals surface area contributed by atoms with Crippen LogP contribution in [0.25, 0.3) is 0 Å². The maximum Gasteiger partial charge on any atom is 0.406 e. The van der Waals surface area contributed by atoms with Gasteiger partial charge in [0, 0.05) is 37.0 Å². The van der Waals surface area contributed by atoms with Crippen LogP contribution in [-0.2, 0) is 18.8 Å². The molecule has 3 rings (SSSR count). The smallest absolute Gasteiger partial charge is 0.361 e. The lowest BCUT2D eigenvalue weighted by atomic mass is 10.2. The number of aryl methyl sites for hydroxylation is 2. The Morgan fingerprint density at radius 1 is 1.27 bits per heavy atom. The van der Waals surface area contributed by atoms with E-state index in [0.29, 0.717) is 22.1 Å². The van der Waals surface area contributed by atoms with E-state index < -0.39 is 12.7 Å². The standard InChI is InChI=1S/C19H20F3N5O2S/c1-12-15(13(2)29-25-12)10-30-17-14(5-4-6-24-17)18(28)26(3)9-16-23-7-8-27(16)11-19(20,21)22/h4-8H,9-11H2,1-3H3. The molecule has 0 atom stereocenters. The second-order valence-corrected chi connectivity index (χ2v) is 7.66. The van der Waals surface area contributed by atoms with Crippen molar-refractivity contribution in [2.45, 2.75) is 43.9 Å². The van der Waals surface area contributed by atoms with Gasteiger partial charge in [0.25, 0.3) is 5.91 Å². The summed E-state index contributed by atoms with van der Waals surface area (Å²) in [5, 5.41) is 4.44. The SMILES string of the molecule is Cc1noc(C)c1CSc1ncccc1C(=O)N(C)Cc1nccn1CC(F)(F)F. The van der Waals surface area contributed by atoms with Gasteiger partial charge in [-0.25, -0.2) is 9.97 Å². The number of halogens is 3. The van der Waals surface area contributed by atoms with Crippen LogP contribution < -0.4 is 0 Å². The van der Waals surface area contributed by atoms with Gasteiger partial charge in [0.15, 0.2) is 0 Å². The molecule has 0 bridgehead atoms. The van der Waals surface area contributed by atoms with Crippen molar-refractivity contribution in [3.8, 4) is 0 Å². The number of imidazole rings is 1. The molecule has 0 aliphatic rings. The minimum Gasteiger partial charge on any atom is -0.361 e. The summed E-state index contributed by atoms with van der Waals surface area (Å²) in [6.45, 7) is 2.44. The first-order valence-electron chi connectivity index (χ1n) is 8.97. The Bertz CT molecular complexity index is 1010. The number of pyridine rings is 1. The van der Waals surface area contributed by atoms with Crippen molar-refractivity contribution >= 4 is 17.7 Å². The molecule has 7 nitrogen and oxygen atoms in total. The van der Waals surface area contributed by atoms with Crippen LogP contribution >= 0.6 is 11.8 Å². The molecule has 0 radical (unpaired) electrons. The highest BCUT2D eigenvalue weighted by Crippen LogP contribution is 2.28. The Morgan fingerprint density at radius 3 is 2.70 bits per heavy atom. The van der Waals surface area contributed by atoms with E-state index in [1.165, 1.54) is 36.1 Å². The van der Waals surface area contributed by atoms with Crippen LogP contribution in [0.5, 0.6) is 0 Å². The van der Waals surface area contributed by atoms with Crippen molar-refractivity contribution in [3.05, 3.63) is 59.1 Å². The molecule has 0 fully saturated rings. The number of amides is 1. The van der Waals surface area contributed by atoms with Crippen molar-refractivity contribution in [2.75, 3.05) is 7.05 Å². The number of rotatable bonds is 7. The summed E-state index contributed by atoms with van der Waals surface area (Å²) in [6.07, 6.45) is -0.254. The summed E-state index contributed by atoms with van der Waals surface area (Å²) in [4.78, 5) is 22.5. The number of hydrogen-bond donors (Lipinski definition) is 0. The maximum absolute atomic E-state index is 13.0. The molecule has 0 spiro atoms. The summed E-state index contributed by atoms with van der Waals surface area (Å²) >= 11 is 1.37. The molecule has 1 amide bonds. The molecule has 0 unspecified atom stereocenters. The number of nitrogens with zero attached hydrogens (tertiary/aromatic N) is 5. The molecule has 0 aromatic carbocycles. The van der Waals surface area contributed by atoms with E-state index in [0.717, 1.165) is 15.8 Å². The van der Waals surface area contributed by atoms with E-state index in [1.807, 2.05) is 13.8 Å². The normalized spacial score (nSPS) is 11.7. The van der Waals surface area contributed by atoms with Gasteiger partial charge >= 0.3 is 6.18 Å². The van der Waals surface area contributed by atoms with E-state index in [-0.39, 0.29) is 18.3 Å². The lowest BCUT2D eigenvalue weighted by molar-refractivity contribution is -0.141. The fourth-order valence-electron chi connectivity index (χ4n) is 2.84.